The third-order valence-corrected chi connectivity index (χ3v) is 3.32. The Hall–Kier alpha value is -1.06. The molecule has 0 aromatic heterocycles. The Morgan fingerprint density at radius 2 is 1.94 bits per heavy atom. The molecule has 0 aliphatic heterocycles. The largest absolute Gasteiger partial charge is 0.354 e. The van der Waals surface area contributed by atoms with Crippen molar-refractivity contribution >= 4 is 11.8 Å². The molecule has 0 aromatic rings. The van der Waals surface area contributed by atoms with Crippen LogP contribution in [-0.2, 0) is 9.59 Å². The fraction of sp³-hybridized carbons (Fsp3) is 0.846. The molecule has 4 nitrogen and oxygen atoms in total. The Kier molecular flexibility index (Phi) is 6.01. The van der Waals surface area contributed by atoms with Crippen molar-refractivity contribution in [2.24, 2.45) is 0 Å². The zero-order chi connectivity index (χ0) is 12.7. The molecule has 98 valence electrons. The summed E-state index contributed by atoms with van der Waals surface area (Å²) in [6, 6.07) is 0.399. The third-order valence-electron chi connectivity index (χ3n) is 3.32. The number of hydrogen-bond acceptors (Lipinski definition) is 2. The Balaban J connectivity index is 2.29. The van der Waals surface area contributed by atoms with Crippen LogP contribution in [-0.4, -0.2) is 35.8 Å². The van der Waals surface area contributed by atoms with Crippen molar-refractivity contribution < 1.29 is 9.59 Å². The maximum Gasteiger partial charge on any atom is 0.220 e. The van der Waals surface area contributed by atoms with Crippen molar-refractivity contribution in [2.45, 2.75) is 58.4 Å². The second kappa shape index (κ2) is 7.30. The molecule has 0 bridgehead atoms. The van der Waals surface area contributed by atoms with E-state index in [1.807, 2.05) is 11.8 Å². The van der Waals surface area contributed by atoms with Gasteiger partial charge in [-0.15, -0.1) is 0 Å². The smallest absolute Gasteiger partial charge is 0.220 e. The van der Waals surface area contributed by atoms with E-state index in [1.165, 1.54) is 12.8 Å². The number of rotatable bonds is 6. The average molecular weight is 240 g/mol. The minimum Gasteiger partial charge on any atom is -0.354 e. The van der Waals surface area contributed by atoms with Gasteiger partial charge in [0.05, 0.1) is 0 Å². The molecular formula is C13H24N2O2. The van der Waals surface area contributed by atoms with Crippen LogP contribution in [0.2, 0.25) is 0 Å². The predicted molar refractivity (Wildman–Crippen MR) is 67.6 cm³/mol. The first-order chi connectivity index (χ1) is 8.15. The minimum atomic E-state index is 0.0856. The summed E-state index contributed by atoms with van der Waals surface area (Å²) >= 11 is 0. The highest BCUT2D eigenvalue weighted by atomic mass is 16.2. The molecular weight excluding hydrogens is 216 g/mol. The third kappa shape index (κ3) is 4.75. The molecule has 1 saturated carbocycles. The summed E-state index contributed by atoms with van der Waals surface area (Å²) in [5.74, 6) is 0.212. The molecule has 0 atom stereocenters. The molecule has 0 aromatic carbocycles. The first-order valence-electron chi connectivity index (χ1n) is 6.69. The van der Waals surface area contributed by atoms with Gasteiger partial charge in [0.1, 0.15) is 0 Å². The van der Waals surface area contributed by atoms with Crippen LogP contribution < -0.4 is 5.32 Å². The van der Waals surface area contributed by atoms with Crippen LogP contribution in [0.4, 0.5) is 0 Å². The lowest BCUT2D eigenvalue weighted by Crippen LogP contribution is -2.42. The molecule has 17 heavy (non-hydrogen) atoms. The van der Waals surface area contributed by atoms with Gasteiger partial charge in [-0.1, -0.05) is 19.8 Å². The number of carbonyl (C=O) groups excluding carboxylic acids is 2. The van der Waals surface area contributed by atoms with Gasteiger partial charge in [0.25, 0.3) is 0 Å². The first-order valence-corrected chi connectivity index (χ1v) is 6.69. The summed E-state index contributed by atoms with van der Waals surface area (Å²) in [5, 5.41) is 2.86. The highest BCUT2D eigenvalue weighted by molar-refractivity contribution is 5.76. The van der Waals surface area contributed by atoms with Crippen LogP contribution in [0.1, 0.15) is 52.4 Å². The summed E-state index contributed by atoms with van der Waals surface area (Å²) in [6.45, 7) is 4.83. The zero-order valence-corrected chi connectivity index (χ0v) is 11.0. The molecule has 1 rings (SSSR count). The van der Waals surface area contributed by atoms with Gasteiger partial charge >= 0.3 is 0 Å². The number of amides is 2. The van der Waals surface area contributed by atoms with E-state index in [-0.39, 0.29) is 11.8 Å². The van der Waals surface area contributed by atoms with Crippen molar-refractivity contribution in [1.82, 2.24) is 10.2 Å². The molecule has 0 spiro atoms. The van der Waals surface area contributed by atoms with Gasteiger partial charge in [0, 0.05) is 32.5 Å². The van der Waals surface area contributed by atoms with E-state index in [9.17, 15) is 9.59 Å². The summed E-state index contributed by atoms with van der Waals surface area (Å²) in [4.78, 5) is 24.8. The first kappa shape index (κ1) is 14.0. The lowest BCUT2D eigenvalue weighted by Gasteiger charge is -2.27. The van der Waals surface area contributed by atoms with E-state index in [4.69, 9.17) is 0 Å². The van der Waals surface area contributed by atoms with E-state index in [0.717, 1.165) is 19.3 Å². The second-order valence-electron chi connectivity index (χ2n) is 4.75. The van der Waals surface area contributed by atoms with E-state index >= 15 is 0 Å². The molecule has 1 aliphatic rings. The van der Waals surface area contributed by atoms with Gasteiger partial charge in [-0.25, -0.2) is 0 Å². The molecule has 1 fully saturated rings. The molecule has 1 aliphatic carbocycles. The van der Waals surface area contributed by atoms with Gasteiger partial charge < -0.3 is 10.2 Å². The second-order valence-corrected chi connectivity index (χ2v) is 4.75. The standard InChI is InChI=1S/C13H24N2O2/c1-3-6-13(17)14-9-10-15(11(2)16)12-7-4-5-8-12/h12H,3-10H2,1-2H3,(H,14,17). The Labute approximate surface area is 104 Å². The highest BCUT2D eigenvalue weighted by Gasteiger charge is 2.23. The van der Waals surface area contributed by atoms with Gasteiger partial charge in [-0.2, -0.15) is 0 Å². The molecule has 2 amide bonds. The fourth-order valence-electron chi connectivity index (χ4n) is 2.44. The monoisotopic (exact) mass is 240 g/mol. The van der Waals surface area contributed by atoms with E-state index in [2.05, 4.69) is 5.32 Å². The van der Waals surface area contributed by atoms with Crippen LogP contribution in [0.3, 0.4) is 0 Å². The molecule has 0 saturated heterocycles. The van der Waals surface area contributed by atoms with E-state index in [0.29, 0.717) is 25.6 Å². The van der Waals surface area contributed by atoms with Crippen LogP contribution in [0, 0.1) is 0 Å². The molecule has 0 radical (unpaired) electrons. The zero-order valence-electron chi connectivity index (χ0n) is 11.0. The molecule has 1 N–H and O–H groups in total. The van der Waals surface area contributed by atoms with Crippen molar-refractivity contribution in [3.8, 4) is 0 Å². The van der Waals surface area contributed by atoms with Gasteiger partial charge in [-0.3, -0.25) is 9.59 Å². The van der Waals surface area contributed by atoms with Crippen LogP contribution >= 0.6 is 0 Å². The van der Waals surface area contributed by atoms with Crippen molar-refractivity contribution in [1.29, 1.82) is 0 Å². The Bertz CT molecular complexity index is 260. The van der Waals surface area contributed by atoms with Crippen LogP contribution in [0.15, 0.2) is 0 Å². The van der Waals surface area contributed by atoms with Crippen molar-refractivity contribution in [3.05, 3.63) is 0 Å². The Morgan fingerprint density at radius 1 is 1.29 bits per heavy atom. The number of nitrogens with zero attached hydrogens (tertiary/aromatic N) is 1. The molecule has 0 unspecified atom stereocenters. The molecule has 4 heteroatoms. The Morgan fingerprint density at radius 3 is 2.47 bits per heavy atom. The maximum absolute atomic E-state index is 11.5. The summed E-state index contributed by atoms with van der Waals surface area (Å²) in [7, 11) is 0. The number of nitrogens with one attached hydrogen (secondary N) is 1. The van der Waals surface area contributed by atoms with Crippen LogP contribution in [0.5, 0.6) is 0 Å². The topological polar surface area (TPSA) is 49.4 Å². The maximum atomic E-state index is 11.5. The summed E-state index contributed by atoms with van der Waals surface area (Å²) in [5.41, 5.74) is 0. The number of hydrogen-bond donors (Lipinski definition) is 1. The SMILES string of the molecule is CCCC(=O)NCCN(C(C)=O)C1CCCC1. The fourth-order valence-corrected chi connectivity index (χ4v) is 2.44. The lowest BCUT2D eigenvalue weighted by molar-refractivity contribution is -0.131. The summed E-state index contributed by atoms with van der Waals surface area (Å²) < 4.78 is 0. The van der Waals surface area contributed by atoms with Gasteiger partial charge in [0.15, 0.2) is 0 Å². The summed E-state index contributed by atoms with van der Waals surface area (Å²) in [6.07, 6.45) is 6.10. The minimum absolute atomic E-state index is 0.0856. The van der Waals surface area contributed by atoms with Gasteiger partial charge in [0.2, 0.25) is 11.8 Å². The normalized spacial score (nSPS) is 15.9. The average Bonchev–Trinajstić information content (AvgIpc) is 2.77. The van der Waals surface area contributed by atoms with E-state index < -0.39 is 0 Å². The predicted octanol–water partition coefficient (Wildman–Crippen LogP) is 1.69. The number of carbonyl (C=O) groups is 2. The molecule has 0 heterocycles. The van der Waals surface area contributed by atoms with E-state index in [1.54, 1.807) is 6.92 Å². The van der Waals surface area contributed by atoms with Crippen molar-refractivity contribution in [2.75, 3.05) is 13.1 Å². The highest BCUT2D eigenvalue weighted by Crippen LogP contribution is 2.23. The lowest BCUT2D eigenvalue weighted by atomic mass is 10.2. The quantitative estimate of drug-likeness (QED) is 0.768. The van der Waals surface area contributed by atoms with Crippen LogP contribution in [0.25, 0.3) is 0 Å². The van der Waals surface area contributed by atoms with Gasteiger partial charge in [-0.05, 0) is 19.3 Å². The van der Waals surface area contributed by atoms with Crippen molar-refractivity contribution in [3.63, 3.8) is 0 Å².